The van der Waals surface area contributed by atoms with Gasteiger partial charge in [0.2, 0.25) is 0 Å². The molecule has 0 saturated carbocycles. The molecule has 308 valence electrons. The van der Waals surface area contributed by atoms with Gasteiger partial charge in [-0.1, -0.05) is 152 Å². The van der Waals surface area contributed by atoms with E-state index < -0.39 is 5.41 Å². The minimum atomic E-state index is -0.689. The molecule has 1 spiro atoms. The molecule has 4 aromatic carbocycles. The van der Waals surface area contributed by atoms with Gasteiger partial charge in [0.15, 0.2) is 0 Å². The molecule has 2 aliphatic carbocycles. The fourth-order valence-corrected chi connectivity index (χ4v) is 8.71. The number of rotatable bonds is 9. The van der Waals surface area contributed by atoms with Crippen molar-refractivity contribution in [3.8, 4) is 23.0 Å². The number of ether oxygens (including phenoxy) is 3. The van der Waals surface area contributed by atoms with Gasteiger partial charge in [0.1, 0.15) is 23.0 Å². The first-order valence-electron chi connectivity index (χ1n) is 21.8. The van der Waals surface area contributed by atoms with E-state index >= 15 is 0 Å². The van der Waals surface area contributed by atoms with Crippen molar-refractivity contribution < 1.29 is 19.3 Å². The monoisotopic (exact) mass is 773 g/mol. The second-order valence-electron chi connectivity index (χ2n) is 21.2. The summed E-state index contributed by atoms with van der Waals surface area (Å²) in [5.74, 6) is 3.20. The van der Waals surface area contributed by atoms with Crippen LogP contribution in [0.5, 0.6) is 23.0 Å². The van der Waals surface area contributed by atoms with E-state index in [0.29, 0.717) is 38.4 Å². The number of hydrogen-bond acceptors (Lipinski definition) is 4. The van der Waals surface area contributed by atoms with E-state index in [1.807, 2.05) is 0 Å². The van der Waals surface area contributed by atoms with E-state index in [2.05, 4.69) is 152 Å². The highest BCUT2D eigenvalue weighted by Gasteiger charge is 2.51. The van der Waals surface area contributed by atoms with E-state index in [9.17, 15) is 5.11 Å². The molecule has 4 aromatic rings. The Morgan fingerprint density at radius 2 is 0.719 bits per heavy atom. The molecule has 4 nitrogen and oxygen atoms in total. The highest BCUT2D eigenvalue weighted by Crippen LogP contribution is 2.60. The molecule has 0 aliphatic heterocycles. The van der Waals surface area contributed by atoms with Crippen LogP contribution in [0.3, 0.4) is 0 Å². The van der Waals surface area contributed by atoms with Gasteiger partial charge in [0.25, 0.3) is 0 Å². The molecule has 8 bridgehead atoms. The number of hydrogen-bond donors (Lipinski definition) is 1. The van der Waals surface area contributed by atoms with Gasteiger partial charge in [0, 0.05) is 29.5 Å². The summed E-state index contributed by atoms with van der Waals surface area (Å²) in [5.41, 5.74) is 12.6. The molecule has 57 heavy (non-hydrogen) atoms. The molecule has 0 heterocycles. The molecule has 4 heteroatoms. The first kappa shape index (κ1) is 42.7. The van der Waals surface area contributed by atoms with E-state index in [1.54, 1.807) is 0 Å². The lowest BCUT2D eigenvalue weighted by atomic mass is 9.65. The first-order chi connectivity index (χ1) is 26.5. The quantitative estimate of drug-likeness (QED) is 0.184. The van der Waals surface area contributed by atoms with Gasteiger partial charge in [-0.2, -0.15) is 0 Å². The number of aromatic hydroxyl groups is 1. The molecule has 0 fully saturated rings. The third-order valence-electron chi connectivity index (χ3n) is 12.2. The maximum absolute atomic E-state index is 12.4. The lowest BCUT2D eigenvalue weighted by molar-refractivity contribution is 0.297. The second-order valence-corrected chi connectivity index (χ2v) is 21.2. The Balaban J connectivity index is 1.92. The van der Waals surface area contributed by atoms with Crippen molar-refractivity contribution in [2.24, 2.45) is 0 Å². The van der Waals surface area contributed by atoms with Gasteiger partial charge in [-0.05, 0) is 97.4 Å². The highest BCUT2D eigenvalue weighted by atomic mass is 16.5. The van der Waals surface area contributed by atoms with Crippen molar-refractivity contribution in [3.63, 3.8) is 0 Å². The molecule has 0 saturated heterocycles. The van der Waals surface area contributed by atoms with E-state index in [-0.39, 0.29) is 21.7 Å². The van der Waals surface area contributed by atoms with Crippen LogP contribution in [0.25, 0.3) is 0 Å². The Kier molecular flexibility index (Phi) is 11.5. The van der Waals surface area contributed by atoms with Crippen LogP contribution in [0.4, 0.5) is 0 Å². The summed E-state index contributed by atoms with van der Waals surface area (Å²) in [7, 11) is 0. The highest BCUT2D eigenvalue weighted by molar-refractivity contribution is 5.73. The van der Waals surface area contributed by atoms with Crippen molar-refractivity contribution in [2.75, 3.05) is 19.8 Å². The third kappa shape index (κ3) is 8.09. The van der Waals surface area contributed by atoms with Gasteiger partial charge < -0.3 is 19.3 Å². The van der Waals surface area contributed by atoms with Gasteiger partial charge in [-0.15, -0.1) is 0 Å². The fourth-order valence-electron chi connectivity index (χ4n) is 8.71. The average molecular weight is 773 g/mol. The summed E-state index contributed by atoms with van der Waals surface area (Å²) in [6.45, 7) is 36.0. The summed E-state index contributed by atoms with van der Waals surface area (Å²) in [6, 6.07) is 19.0. The zero-order valence-corrected chi connectivity index (χ0v) is 38.2. The topological polar surface area (TPSA) is 47.9 Å². The fraction of sp³-hybridized carbons (Fsp3) is 0.547. The van der Waals surface area contributed by atoms with Crippen LogP contribution in [-0.4, -0.2) is 24.9 Å². The zero-order valence-electron chi connectivity index (χ0n) is 38.2. The molecule has 2 aliphatic rings. The van der Waals surface area contributed by atoms with Crippen molar-refractivity contribution in [3.05, 3.63) is 115 Å². The average Bonchev–Trinajstić information content (AvgIpc) is 3.28. The third-order valence-corrected chi connectivity index (χ3v) is 12.2. The van der Waals surface area contributed by atoms with Crippen LogP contribution >= 0.6 is 0 Å². The standard InChI is InChI=1S/C53H72O4/c1-16-19-55-46-35-22-33-24-38(49(4,5)6)25-34(45(33)54)23-36-27-40(51(10,11)12)30-43(47(36)56-20-17-2)53(42(46)29-39(26-35)50(7,8)9)32-37-28-41(52(13,14)15)31-44(53)48(37)57-21-18-3/h24-31,54H,16-23,32H2,1-15H3. The number of fused-ring (bicyclic) bond motifs is 11. The Bertz CT molecular complexity index is 2020. The minimum absolute atomic E-state index is 0.0748. The molecular formula is C53H72O4. The van der Waals surface area contributed by atoms with Crippen LogP contribution in [0.2, 0.25) is 0 Å². The van der Waals surface area contributed by atoms with Crippen LogP contribution in [-0.2, 0) is 46.3 Å². The van der Waals surface area contributed by atoms with Crippen LogP contribution in [0, 0.1) is 0 Å². The molecule has 0 atom stereocenters. The van der Waals surface area contributed by atoms with E-state index in [0.717, 1.165) is 76.3 Å². The molecule has 0 amide bonds. The van der Waals surface area contributed by atoms with Crippen LogP contribution in [0.1, 0.15) is 190 Å². The van der Waals surface area contributed by atoms with Crippen LogP contribution in [0.15, 0.2) is 48.5 Å². The number of phenols is 1. The molecular weight excluding hydrogens is 701 g/mol. The zero-order chi connectivity index (χ0) is 41.9. The maximum Gasteiger partial charge on any atom is 0.127 e. The Labute approximate surface area is 345 Å². The molecule has 0 radical (unpaired) electrons. The second kappa shape index (κ2) is 15.4. The SMILES string of the molecule is CCCOc1c2cc(C(C)(C)C)cc1C1(Cc3cc(C(C)(C)C)cc1c3OCCC)c1cc(C(C)(C)C)cc(c1OCCC)Cc1cc(C(C)(C)C)cc(c1O)C2. The molecule has 1 N–H and O–H groups in total. The maximum atomic E-state index is 12.4. The largest absolute Gasteiger partial charge is 0.507 e. The normalized spacial score (nSPS) is 15.0. The van der Waals surface area contributed by atoms with Crippen molar-refractivity contribution in [2.45, 2.75) is 169 Å². The summed E-state index contributed by atoms with van der Waals surface area (Å²) in [5, 5.41) is 12.4. The first-order valence-corrected chi connectivity index (χ1v) is 21.8. The molecule has 0 unspecified atom stereocenters. The van der Waals surface area contributed by atoms with Crippen molar-refractivity contribution >= 4 is 0 Å². The van der Waals surface area contributed by atoms with Gasteiger partial charge in [-0.3, -0.25) is 0 Å². The predicted molar refractivity (Wildman–Crippen MR) is 239 cm³/mol. The van der Waals surface area contributed by atoms with Gasteiger partial charge in [-0.25, -0.2) is 0 Å². The summed E-state index contributed by atoms with van der Waals surface area (Å²) in [4.78, 5) is 0. The van der Waals surface area contributed by atoms with Gasteiger partial charge in [0.05, 0.1) is 25.2 Å². The smallest absolute Gasteiger partial charge is 0.127 e. The number of phenolic OH excluding ortho intramolecular Hbond substituents is 1. The van der Waals surface area contributed by atoms with Gasteiger partial charge >= 0.3 is 0 Å². The summed E-state index contributed by atoms with van der Waals surface area (Å²) < 4.78 is 21.2. The molecule has 0 aromatic heterocycles. The Hall–Kier alpha value is -3.92. The summed E-state index contributed by atoms with van der Waals surface area (Å²) in [6.07, 6.45) is 4.52. The lowest BCUT2D eigenvalue weighted by Gasteiger charge is -2.39. The molecule has 6 rings (SSSR count). The predicted octanol–water partition coefficient (Wildman–Crippen LogP) is 13.3. The van der Waals surface area contributed by atoms with Crippen molar-refractivity contribution in [1.82, 2.24) is 0 Å². The summed E-state index contributed by atoms with van der Waals surface area (Å²) >= 11 is 0. The van der Waals surface area contributed by atoms with Crippen LogP contribution < -0.4 is 14.2 Å². The Morgan fingerprint density at radius 3 is 1.04 bits per heavy atom. The van der Waals surface area contributed by atoms with E-state index in [4.69, 9.17) is 14.2 Å². The minimum Gasteiger partial charge on any atom is -0.507 e. The van der Waals surface area contributed by atoms with E-state index in [1.165, 1.54) is 33.4 Å². The van der Waals surface area contributed by atoms with Crippen molar-refractivity contribution in [1.29, 1.82) is 0 Å². The Morgan fingerprint density at radius 1 is 0.439 bits per heavy atom. The number of benzene rings is 4. The lowest BCUT2D eigenvalue weighted by Crippen LogP contribution is -2.33.